The first kappa shape index (κ1) is 8.55. The lowest BCUT2D eigenvalue weighted by Gasteiger charge is -2.41. The average molecular weight is 167 g/mol. The Morgan fingerprint density at radius 2 is 2.08 bits per heavy atom. The second-order valence-corrected chi connectivity index (χ2v) is 4.56. The smallest absolute Gasteiger partial charge is 0.0124 e. The highest BCUT2D eigenvalue weighted by atomic mass is 15.2. The molecule has 1 unspecified atom stereocenters. The van der Waals surface area contributed by atoms with Crippen molar-refractivity contribution in [1.29, 1.82) is 0 Å². The quantitative estimate of drug-likeness (QED) is 0.580. The Hall–Kier alpha value is -0.0400. The fourth-order valence-corrected chi connectivity index (χ4v) is 3.13. The van der Waals surface area contributed by atoms with Crippen LogP contribution < -0.4 is 0 Å². The number of rotatable bonds is 1. The Morgan fingerprint density at radius 3 is 2.83 bits per heavy atom. The van der Waals surface area contributed by atoms with Gasteiger partial charge in [0, 0.05) is 12.1 Å². The Labute approximate surface area is 76.1 Å². The van der Waals surface area contributed by atoms with Crippen LogP contribution in [0.5, 0.6) is 0 Å². The number of hydrogen-bond acceptors (Lipinski definition) is 1. The molecule has 3 atom stereocenters. The van der Waals surface area contributed by atoms with Gasteiger partial charge in [-0.1, -0.05) is 13.8 Å². The first-order valence-electron chi connectivity index (χ1n) is 5.58. The van der Waals surface area contributed by atoms with E-state index in [1.807, 2.05) is 0 Å². The van der Waals surface area contributed by atoms with Crippen molar-refractivity contribution in [2.75, 3.05) is 6.54 Å². The van der Waals surface area contributed by atoms with Gasteiger partial charge in [-0.15, -0.1) is 0 Å². The van der Waals surface area contributed by atoms with E-state index in [2.05, 4.69) is 18.7 Å². The Balaban J connectivity index is 2.06. The van der Waals surface area contributed by atoms with Crippen molar-refractivity contribution in [2.45, 2.75) is 58.0 Å². The first-order chi connectivity index (χ1) is 5.83. The summed E-state index contributed by atoms with van der Waals surface area (Å²) in [7, 11) is 0. The number of fused-ring (bicyclic) bond motifs is 1. The van der Waals surface area contributed by atoms with Crippen LogP contribution in [0.2, 0.25) is 0 Å². The van der Waals surface area contributed by atoms with Crippen LogP contribution in [-0.4, -0.2) is 23.5 Å². The largest absolute Gasteiger partial charge is 0.297 e. The van der Waals surface area contributed by atoms with Crippen LogP contribution >= 0.6 is 0 Å². The van der Waals surface area contributed by atoms with E-state index in [0.717, 1.165) is 18.0 Å². The van der Waals surface area contributed by atoms with E-state index in [-0.39, 0.29) is 0 Å². The molecule has 1 heteroatoms. The number of nitrogens with zero attached hydrogens (tertiary/aromatic N) is 1. The van der Waals surface area contributed by atoms with Crippen LogP contribution in [0.3, 0.4) is 0 Å². The molecule has 0 aromatic rings. The lowest BCUT2D eigenvalue weighted by molar-refractivity contribution is 0.0795. The summed E-state index contributed by atoms with van der Waals surface area (Å²) in [5, 5.41) is 0. The van der Waals surface area contributed by atoms with Gasteiger partial charge in [0.05, 0.1) is 0 Å². The maximum Gasteiger partial charge on any atom is 0.0124 e. The summed E-state index contributed by atoms with van der Waals surface area (Å²) in [6, 6.07) is 1.87. The van der Waals surface area contributed by atoms with Crippen molar-refractivity contribution < 1.29 is 0 Å². The molecule has 0 radical (unpaired) electrons. The molecule has 2 fully saturated rings. The summed E-state index contributed by atoms with van der Waals surface area (Å²) in [5.41, 5.74) is 0. The third-order valence-electron chi connectivity index (χ3n) is 3.89. The summed E-state index contributed by atoms with van der Waals surface area (Å²) >= 11 is 0. The zero-order valence-electron chi connectivity index (χ0n) is 8.42. The second-order valence-electron chi connectivity index (χ2n) is 4.56. The molecule has 0 aromatic heterocycles. The van der Waals surface area contributed by atoms with Gasteiger partial charge in [-0.25, -0.2) is 0 Å². The van der Waals surface area contributed by atoms with Gasteiger partial charge in [0.1, 0.15) is 0 Å². The van der Waals surface area contributed by atoms with Gasteiger partial charge < -0.3 is 0 Å². The van der Waals surface area contributed by atoms with Gasteiger partial charge >= 0.3 is 0 Å². The van der Waals surface area contributed by atoms with Crippen LogP contribution in [-0.2, 0) is 0 Å². The normalized spacial score (nSPS) is 43.0. The molecule has 2 heterocycles. The molecule has 0 spiro atoms. The molecule has 1 nitrogen and oxygen atoms in total. The van der Waals surface area contributed by atoms with E-state index in [1.54, 1.807) is 0 Å². The molecule has 0 bridgehead atoms. The van der Waals surface area contributed by atoms with Crippen molar-refractivity contribution in [3.63, 3.8) is 0 Å². The highest BCUT2D eigenvalue weighted by Crippen LogP contribution is 2.35. The lowest BCUT2D eigenvalue weighted by atomic mass is 9.86. The van der Waals surface area contributed by atoms with Gasteiger partial charge in [-0.3, -0.25) is 4.90 Å². The minimum atomic E-state index is 0.925. The Kier molecular flexibility index (Phi) is 2.40. The summed E-state index contributed by atoms with van der Waals surface area (Å²) in [5.74, 6) is 0.968. The maximum atomic E-state index is 2.79. The minimum absolute atomic E-state index is 0.925. The van der Waals surface area contributed by atoms with E-state index in [9.17, 15) is 0 Å². The second kappa shape index (κ2) is 3.37. The van der Waals surface area contributed by atoms with Gasteiger partial charge in [-0.05, 0) is 44.6 Å². The number of piperidine rings is 1. The van der Waals surface area contributed by atoms with E-state index < -0.39 is 0 Å². The van der Waals surface area contributed by atoms with E-state index >= 15 is 0 Å². The van der Waals surface area contributed by atoms with E-state index in [0.29, 0.717) is 0 Å². The molecule has 12 heavy (non-hydrogen) atoms. The molecule has 2 aliphatic rings. The standard InChI is InChI=1S/C11H21N/c1-3-10-7-6-9(2)11-5-4-8-12(10)11/h9-11H,3-8H2,1-2H3/t9-,10+,11?/m0/s1. The third-order valence-corrected chi connectivity index (χ3v) is 3.89. The molecule has 0 aliphatic carbocycles. The van der Waals surface area contributed by atoms with Gasteiger partial charge in [0.2, 0.25) is 0 Å². The van der Waals surface area contributed by atoms with Crippen molar-refractivity contribution in [3.05, 3.63) is 0 Å². The average Bonchev–Trinajstić information content (AvgIpc) is 2.54. The van der Waals surface area contributed by atoms with Crippen molar-refractivity contribution in [1.82, 2.24) is 4.90 Å². The lowest BCUT2D eigenvalue weighted by Crippen LogP contribution is -2.46. The van der Waals surface area contributed by atoms with Crippen LogP contribution in [0.25, 0.3) is 0 Å². The van der Waals surface area contributed by atoms with Gasteiger partial charge in [0.15, 0.2) is 0 Å². The highest BCUT2D eigenvalue weighted by molar-refractivity contribution is 4.91. The number of hydrogen-bond donors (Lipinski definition) is 0. The molecule has 0 saturated carbocycles. The Bertz CT molecular complexity index is 155. The van der Waals surface area contributed by atoms with E-state index in [4.69, 9.17) is 0 Å². The monoisotopic (exact) mass is 167 g/mol. The SMILES string of the molecule is CC[C@@H]1CC[C@H](C)C2CCCN21. The van der Waals surface area contributed by atoms with Crippen molar-refractivity contribution in [3.8, 4) is 0 Å². The zero-order chi connectivity index (χ0) is 8.55. The topological polar surface area (TPSA) is 3.24 Å². The Morgan fingerprint density at radius 1 is 1.25 bits per heavy atom. The predicted molar refractivity (Wildman–Crippen MR) is 52.2 cm³/mol. The molecule has 0 aromatic carbocycles. The highest BCUT2D eigenvalue weighted by Gasteiger charge is 2.36. The predicted octanol–water partition coefficient (Wildman–Crippen LogP) is 2.66. The molecule has 2 saturated heterocycles. The minimum Gasteiger partial charge on any atom is -0.297 e. The molecule has 0 N–H and O–H groups in total. The summed E-state index contributed by atoms with van der Waals surface area (Å²) in [6.07, 6.45) is 7.21. The van der Waals surface area contributed by atoms with Crippen LogP contribution in [0, 0.1) is 5.92 Å². The fraction of sp³-hybridized carbons (Fsp3) is 1.00. The van der Waals surface area contributed by atoms with Crippen LogP contribution in [0.15, 0.2) is 0 Å². The van der Waals surface area contributed by atoms with Crippen molar-refractivity contribution in [2.24, 2.45) is 5.92 Å². The van der Waals surface area contributed by atoms with Crippen molar-refractivity contribution >= 4 is 0 Å². The molecular formula is C11H21N. The zero-order valence-corrected chi connectivity index (χ0v) is 8.42. The summed E-state index contributed by atoms with van der Waals surface area (Å²) in [6.45, 7) is 6.17. The molecule has 70 valence electrons. The van der Waals surface area contributed by atoms with E-state index in [1.165, 1.54) is 38.6 Å². The van der Waals surface area contributed by atoms with Crippen LogP contribution in [0.4, 0.5) is 0 Å². The maximum absolute atomic E-state index is 2.79. The summed E-state index contributed by atoms with van der Waals surface area (Å²) < 4.78 is 0. The fourth-order valence-electron chi connectivity index (χ4n) is 3.13. The molecule has 0 amide bonds. The third kappa shape index (κ3) is 1.28. The summed E-state index contributed by atoms with van der Waals surface area (Å²) in [4.78, 5) is 2.79. The van der Waals surface area contributed by atoms with Gasteiger partial charge in [0.25, 0.3) is 0 Å². The molecule has 2 aliphatic heterocycles. The molecule has 2 rings (SSSR count). The van der Waals surface area contributed by atoms with Crippen LogP contribution in [0.1, 0.15) is 46.0 Å². The molecular weight excluding hydrogens is 146 g/mol. The van der Waals surface area contributed by atoms with Gasteiger partial charge in [-0.2, -0.15) is 0 Å². The first-order valence-corrected chi connectivity index (χ1v) is 5.58.